The fourth-order valence-corrected chi connectivity index (χ4v) is 4.42. The number of halogens is 1. The standard InChI is InChI=1S/C22H16BrN3O2S/c1-14(27)16-2-4-17(5-3-16)21(28)26(13-15-8-10-24-11-9-15)22-25-19-7-6-18(23)12-20(19)29-22/h2-12H,13H2,1H3. The molecule has 0 aliphatic heterocycles. The maximum atomic E-state index is 13.4. The molecule has 2 aromatic carbocycles. The Morgan fingerprint density at radius 1 is 1.00 bits per heavy atom. The van der Waals surface area contributed by atoms with Crippen molar-refractivity contribution in [3.8, 4) is 0 Å². The van der Waals surface area contributed by atoms with Crippen molar-refractivity contribution in [3.63, 3.8) is 0 Å². The first-order valence-corrected chi connectivity index (χ1v) is 10.5. The number of carbonyl (C=O) groups excluding carboxylic acids is 2. The van der Waals surface area contributed by atoms with Gasteiger partial charge in [0.2, 0.25) is 0 Å². The minimum Gasteiger partial charge on any atom is -0.295 e. The molecule has 0 N–H and O–H groups in total. The largest absolute Gasteiger partial charge is 0.295 e. The lowest BCUT2D eigenvalue weighted by molar-refractivity contribution is 0.0981. The third-order valence-electron chi connectivity index (χ3n) is 4.44. The molecule has 7 heteroatoms. The van der Waals surface area contributed by atoms with Gasteiger partial charge in [0.25, 0.3) is 5.91 Å². The van der Waals surface area contributed by atoms with Crippen molar-refractivity contribution in [1.82, 2.24) is 9.97 Å². The smallest absolute Gasteiger partial charge is 0.260 e. The molecular weight excluding hydrogens is 450 g/mol. The maximum Gasteiger partial charge on any atom is 0.260 e. The molecule has 0 saturated heterocycles. The van der Waals surface area contributed by atoms with Crippen molar-refractivity contribution in [2.45, 2.75) is 13.5 Å². The second kappa shape index (κ2) is 8.23. The molecular formula is C22H16BrN3O2S. The van der Waals surface area contributed by atoms with Crippen LogP contribution >= 0.6 is 27.3 Å². The zero-order valence-corrected chi connectivity index (χ0v) is 17.9. The lowest BCUT2D eigenvalue weighted by Gasteiger charge is -2.20. The second-order valence-corrected chi connectivity index (χ2v) is 8.41. The van der Waals surface area contributed by atoms with Crippen molar-refractivity contribution >= 4 is 54.3 Å². The normalized spacial score (nSPS) is 10.8. The van der Waals surface area contributed by atoms with Crippen molar-refractivity contribution in [2.75, 3.05) is 4.90 Å². The predicted molar refractivity (Wildman–Crippen MR) is 119 cm³/mol. The molecule has 0 fully saturated rings. The van der Waals surface area contributed by atoms with Crippen molar-refractivity contribution in [1.29, 1.82) is 0 Å². The maximum absolute atomic E-state index is 13.4. The number of benzene rings is 2. The minimum absolute atomic E-state index is 0.0330. The van der Waals surface area contributed by atoms with Gasteiger partial charge < -0.3 is 0 Å². The number of fused-ring (bicyclic) bond motifs is 1. The van der Waals surface area contributed by atoms with E-state index in [1.807, 2.05) is 30.3 Å². The number of hydrogen-bond donors (Lipinski definition) is 0. The summed E-state index contributed by atoms with van der Waals surface area (Å²) in [7, 11) is 0. The number of rotatable bonds is 5. The summed E-state index contributed by atoms with van der Waals surface area (Å²) in [6.45, 7) is 1.88. The first-order valence-electron chi connectivity index (χ1n) is 8.89. The third-order valence-corrected chi connectivity index (χ3v) is 5.98. The molecule has 4 aromatic rings. The summed E-state index contributed by atoms with van der Waals surface area (Å²) in [6.07, 6.45) is 3.41. The number of amides is 1. The number of Topliss-reactive ketones (excluding diaryl/α,β-unsaturated/α-hetero) is 1. The minimum atomic E-state index is -0.171. The summed E-state index contributed by atoms with van der Waals surface area (Å²) in [4.78, 5) is 35.3. The van der Waals surface area contributed by atoms with Gasteiger partial charge in [-0.25, -0.2) is 4.98 Å². The predicted octanol–water partition coefficient (Wildman–Crippen LogP) is 5.50. The van der Waals surface area contributed by atoms with E-state index in [1.54, 1.807) is 41.6 Å². The quantitative estimate of drug-likeness (QED) is 0.364. The number of carbonyl (C=O) groups is 2. The van der Waals surface area contributed by atoms with Gasteiger partial charge in [-0.2, -0.15) is 0 Å². The van der Waals surface area contributed by atoms with Crippen molar-refractivity contribution < 1.29 is 9.59 Å². The Bertz CT molecular complexity index is 1190. The first-order chi connectivity index (χ1) is 14.0. The highest BCUT2D eigenvalue weighted by atomic mass is 79.9. The topological polar surface area (TPSA) is 63.2 Å². The summed E-state index contributed by atoms with van der Waals surface area (Å²) in [5.41, 5.74) is 2.87. The lowest BCUT2D eigenvalue weighted by Crippen LogP contribution is -2.30. The Labute approximate surface area is 180 Å². The van der Waals surface area contributed by atoms with E-state index < -0.39 is 0 Å². The van der Waals surface area contributed by atoms with E-state index in [0.29, 0.717) is 22.8 Å². The molecule has 4 rings (SSSR count). The molecule has 29 heavy (non-hydrogen) atoms. The van der Waals surface area contributed by atoms with E-state index in [4.69, 9.17) is 0 Å². The van der Waals surface area contributed by atoms with Gasteiger partial charge in [-0.15, -0.1) is 0 Å². The highest BCUT2D eigenvalue weighted by molar-refractivity contribution is 9.10. The summed E-state index contributed by atoms with van der Waals surface area (Å²) in [5.74, 6) is -0.204. The first kappa shape index (κ1) is 19.4. The third kappa shape index (κ3) is 4.26. The van der Waals surface area contributed by atoms with Crippen LogP contribution in [0.5, 0.6) is 0 Å². The van der Waals surface area contributed by atoms with E-state index in [9.17, 15) is 9.59 Å². The van der Waals surface area contributed by atoms with E-state index in [0.717, 1.165) is 20.3 Å². The lowest BCUT2D eigenvalue weighted by atomic mass is 10.1. The molecule has 0 atom stereocenters. The Morgan fingerprint density at radius 2 is 1.69 bits per heavy atom. The Hall–Kier alpha value is -2.90. The van der Waals surface area contributed by atoms with Crippen LogP contribution in [0.1, 0.15) is 33.2 Å². The summed E-state index contributed by atoms with van der Waals surface area (Å²) < 4.78 is 1.96. The second-order valence-electron chi connectivity index (χ2n) is 6.49. The van der Waals surface area contributed by atoms with Crippen LogP contribution in [0.2, 0.25) is 0 Å². The highest BCUT2D eigenvalue weighted by Gasteiger charge is 2.22. The molecule has 1 amide bonds. The number of pyridine rings is 1. The fraction of sp³-hybridized carbons (Fsp3) is 0.0909. The van der Waals surface area contributed by atoms with Gasteiger partial charge >= 0.3 is 0 Å². The van der Waals surface area contributed by atoms with E-state index in [2.05, 4.69) is 25.9 Å². The van der Waals surface area contributed by atoms with Gasteiger partial charge in [0, 0.05) is 28.0 Å². The molecule has 0 radical (unpaired) electrons. The van der Waals surface area contributed by atoms with Crippen LogP contribution in [0.15, 0.2) is 71.5 Å². The van der Waals surface area contributed by atoms with Crippen LogP contribution in [-0.4, -0.2) is 21.7 Å². The molecule has 0 aliphatic rings. The zero-order valence-electron chi connectivity index (χ0n) is 15.5. The summed E-state index contributed by atoms with van der Waals surface area (Å²) in [5, 5.41) is 0.621. The molecule has 0 saturated carbocycles. The number of thiazole rings is 1. The van der Waals surface area contributed by atoms with Crippen LogP contribution in [0.4, 0.5) is 5.13 Å². The van der Waals surface area contributed by atoms with Crippen molar-refractivity contribution in [3.05, 3.63) is 88.2 Å². The van der Waals surface area contributed by atoms with Gasteiger partial charge in [-0.05, 0) is 55.0 Å². The van der Waals surface area contributed by atoms with E-state index in [-0.39, 0.29) is 11.7 Å². The average Bonchev–Trinajstić information content (AvgIpc) is 3.15. The summed E-state index contributed by atoms with van der Waals surface area (Å²) >= 11 is 4.94. The number of anilines is 1. The van der Waals surface area contributed by atoms with Crippen LogP contribution in [0.25, 0.3) is 10.2 Å². The Balaban J connectivity index is 1.74. The molecule has 0 spiro atoms. The van der Waals surface area contributed by atoms with Gasteiger partial charge in [-0.1, -0.05) is 39.4 Å². The van der Waals surface area contributed by atoms with E-state index in [1.165, 1.54) is 18.3 Å². The van der Waals surface area contributed by atoms with Crippen LogP contribution in [0, 0.1) is 0 Å². The highest BCUT2D eigenvalue weighted by Crippen LogP contribution is 2.32. The Morgan fingerprint density at radius 3 is 2.38 bits per heavy atom. The molecule has 0 unspecified atom stereocenters. The molecule has 0 bridgehead atoms. The number of nitrogens with zero attached hydrogens (tertiary/aromatic N) is 3. The molecule has 5 nitrogen and oxygen atoms in total. The zero-order chi connectivity index (χ0) is 20.4. The van der Waals surface area contributed by atoms with Crippen LogP contribution in [-0.2, 0) is 6.54 Å². The van der Waals surface area contributed by atoms with Gasteiger partial charge in [0.1, 0.15) is 0 Å². The fourth-order valence-electron chi connectivity index (χ4n) is 2.90. The SMILES string of the molecule is CC(=O)c1ccc(C(=O)N(Cc2ccncc2)c2nc3ccc(Br)cc3s2)cc1. The molecule has 0 aliphatic carbocycles. The monoisotopic (exact) mass is 465 g/mol. The van der Waals surface area contributed by atoms with Crippen molar-refractivity contribution in [2.24, 2.45) is 0 Å². The summed E-state index contributed by atoms with van der Waals surface area (Å²) in [6, 6.07) is 16.3. The Kier molecular flexibility index (Phi) is 5.51. The number of aromatic nitrogens is 2. The number of hydrogen-bond acceptors (Lipinski definition) is 5. The van der Waals surface area contributed by atoms with Crippen LogP contribution in [0.3, 0.4) is 0 Å². The van der Waals surface area contributed by atoms with Gasteiger partial charge in [-0.3, -0.25) is 19.5 Å². The van der Waals surface area contributed by atoms with E-state index >= 15 is 0 Å². The van der Waals surface area contributed by atoms with Gasteiger partial charge in [0.05, 0.1) is 16.8 Å². The average molecular weight is 466 g/mol. The molecule has 144 valence electrons. The van der Waals surface area contributed by atoms with Crippen LogP contribution < -0.4 is 4.90 Å². The van der Waals surface area contributed by atoms with Gasteiger partial charge in [0.15, 0.2) is 10.9 Å². The number of ketones is 1. The molecule has 2 heterocycles. The molecule has 2 aromatic heterocycles.